The van der Waals surface area contributed by atoms with Crippen LogP contribution in [0.3, 0.4) is 0 Å². The van der Waals surface area contributed by atoms with E-state index >= 15 is 0 Å². The van der Waals surface area contributed by atoms with E-state index in [0.29, 0.717) is 0 Å². The Morgan fingerprint density at radius 2 is 2.14 bits per heavy atom. The molecule has 3 rings (SSSR count). The molecule has 2 N–H and O–H groups in total. The van der Waals surface area contributed by atoms with Crippen molar-refractivity contribution in [1.82, 2.24) is 10.2 Å². The second-order valence-corrected chi connectivity index (χ2v) is 4.90. The number of aromatic nitrogens is 2. The molecule has 0 fully saturated rings. The number of hydrogen-bond acceptors (Lipinski definition) is 3. The number of H-pyrrole nitrogens is 1. The van der Waals surface area contributed by atoms with Crippen LogP contribution in [0.15, 0.2) is 42.6 Å². The minimum absolute atomic E-state index is 0.00778. The van der Waals surface area contributed by atoms with E-state index in [4.69, 9.17) is 4.74 Å². The molecule has 1 aromatic heterocycles. The number of anilines is 1. The number of rotatable bonds is 4. The Labute approximate surface area is 121 Å². The van der Waals surface area contributed by atoms with Gasteiger partial charge < -0.3 is 10.1 Å². The number of fused-ring (bicyclic) bond motifs is 1. The van der Waals surface area contributed by atoms with Crippen molar-refractivity contribution in [2.45, 2.75) is 13.0 Å². The molecular weight excluding hydrogens is 269 g/mol. The van der Waals surface area contributed by atoms with E-state index in [2.05, 4.69) is 15.5 Å². The van der Waals surface area contributed by atoms with Gasteiger partial charge in [0.1, 0.15) is 0 Å². The van der Waals surface area contributed by atoms with Gasteiger partial charge in [0, 0.05) is 11.4 Å². The Bertz CT molecular complexity index is 769. The zero-order chi connectivity index (χ0) is 14.8. The normalized spacial score (nSPS) is 12.3. The maximum absolute atomic E-state index is 13.5. The number of hydrogen-bond donors (Lipinski definition) is 2. The van der Waals surface area contributed by atoms with Crippen LogP contribution in [0.5, 0.6) is 5.75 Å². The van der Waals surface area contributed by atoms with E-state index < -0.39 is 0 Å². The van der Waals surface area contributed by atoms with Gasteiger partial charge in [-0.1, -0.05) is 18.2 Å². The Morgan fingerprint density at radius 3 is 2.95 bits per heavy atom. The lowest BCUT2D eigenvalue weighted by atomic mass is 10.1. The van der Waals surface area contributed by atoms with Crippen molar-refractivity contribution >= 4 is 16.6 Å². The summed E-state index contributed by atoms with van der Waals surface area (Å²) in [5.74, 6) is -0.106. The molecule has 0 radical (unpaired) electrons. The van der Waals surface area contributed by atoms with Crippen LogP contribution in [0.25, 0.3) is 10.9 Å². The summed E-state index contributed by atoms with van der Waals surface area (Å²) < 4.78 is 18.5. The van der Waals surface area contributed by atoms with Crippen molar-refractivity contribution in [3.05, 3.63) is 54.0 Å². The molecular formula is C16H16FN3O. The second kappa shape index (κ2) is 5.44. The first-order valence-electron chi connectivity index (χ1n) is 6.71. The fourth-order valence-corrected chi connectivity index (χ4v) is 2.35. The molecule has 0 aliphatic heterocycles. The van der Waals surface area contributed by atoms with Crippen LogP contribution in [0.4, 0.5) is 10.1 Å². The van der Waals surface area contributed by atoms with Gasteiger partial charge in [-0.2, -0.15) is 5.10 Å². The number of methoxy groups -OCH3 is 1. The van der Waals surface area contributed by atoms with E-state index in [1.807, 2.05) is 25.1 Å². The van der Waals surface area contributed by atoms with E-state index in [9.17, 15) is 4.39 Å². The molecule has 2 aromatic carbocycles. The van der Waals surface area contributed by atoms with Gasteiger partial charge >= 0.3 is 0 Å². The van der Waals surface area contributed by atoms with E-state index in [1.165, 1.54) is 13.2 Å². The predicted molar refractivity (Wildman–Crippen MR) is 81.1 cm³/mol. The number of para-hydroxylation sites is 1. The number of ether oxygens (including phenoxy) is 1. The van der Waals surface area contributed by atoms with E-state index in [0.717, 1.165) is 22.2 Å². The molecule has 0 aliphatic carbocycles. The molecule has 0 bridgehead atoms. The van der Waals surface area contributed by atoms with Crippen LogP contribution in [-0.4, -0.2) is 17.3 Å². The van der Waals surface area contributed by atoms with Crippen LogP contribution in [-0.2, 0) is 0 Å². The van der Waals surface area contributed by atoms with Gasteiger partial charge in [0.25, 0.3) is 0 Å². The lowest BCUT2D eigenvalue weighted by Gasteiger charge is -2.17. The third-order valence-corrected chi connectivity index (χ3v) is 3.52. The van der Waals surface area contributed by atoms with Crippen LogP contribution >= 0.6 is 0 Å². The quantitative estimate of drug-likeness (QED) is 0.764. The summed E-state index contributed by atoms with van der Waals surface area (Å²) in [6, 6.07) is 10.8. The van der Waals surface area contributed by atoms with Crippen molar-refractivity contribution in [2.24, 2.45) is 0 Å². The topological polar surface area (TPSA) is 49.9 Å². The van der Waals surface area contributed by atoms with Crippen LogP contribution in [0, 0.1) is 5.82 Å². The maximum Gasteiger partial charge on any atom is 0.165 e. The lowest BCUT2D eigenvalue weighted by Crippen LogP contribution is -2.07. The highest BCUT2D eigenvalue weighted by Crippen LogP contribution is 2.27. The molecule has 1 unspecified atom stereocenters. The first-order valence-corrected chi connectivity index (χ1v) is 6.71. The molecule has 3 aromatic rings. The molecule has 0 aliphatic rings. The zero-order valence-corrected chi connectivity index (χ0v) is 11.9. The molecule has 5 heteroatoms. The molecule has 108 valence electrons. The SMILES string of the molecule is COc1cc(C(C)Nc2cccc3cn[nH]c23)ccc1F. The third kappa shape index (κ3) is 2.54. The Kier molecular flexibility index (Phi) is 3.48. The summed E-state index contributed by atoms with van der Waals surface area (Å²) in [6.45, 7) is 2.02. The third-order valence-electron chi connectivity index (χ3n) is 3.52. The Hall–Kier alpha value is -2.56. The van der Waals surface area contributed by atoms with E-state index in [-0.39, 0.29) is 17.6 Å². The number of nitrogens with zero attached hydrogens (tertiary/aromatic N) is 1. The first kappa shape index (κ1) is 13.4. The van der Waals surface area contributed by atoms with Crippen LogP contribution in [0.2, 0.25) is 0 Å². The van der Waals surface area contributed by atoms with Gasteiger partial charge in [-0.25, -0.2) is 4.39 Å². The minimum atomic E-state index is -0.357. The average molecular weight is 285 g/mol. The molecule has 1 atom stereocenters. The number of aromatic amines is 1. The monoisotopic (exact) mass is 285 g/mol. The lowest BCUT2D eigenvalue weighted by molar-refractivity contribution is 0.385. The Balaban J connectivity index is 1.89. The smallest absolute Gasteiger partial charge is 0.165 e. The van der Waals surface area contributed by atoms with Crippen molar-refractivity contribution in [3.8, 4) is 5.75 Å². The fraction of sp³-hybridized carbons (Fsp3) is 0.188. The molecule has 0 spiro atoms. The van der Waals surface area contributed by atoms with Gasteiger partial charge in [0.05, 0.1) is 24.5 Å². The second-order valence-electron chi connectivity index (χ2n) is 4.90. The van der Waals surface area contributed by atoms with Crippen LogP contribution < -0.4 is 10.1 Å². The number of halogens is 1. The largest absolute Gasteiger partial charge is 0.494 e. The summed E-state index contributed by atoms with van der Waals surface area (Å²) in [7, 11) is 1.46. The fourth-order valence-electron chi connectivity index (χ4n) is 2.35. The summed E-state index contributed by atoms with van der Waals surface area (Å²) in [6.07, 6.45) is 1.78. The van der Waals surface area contributed by atoms with Gasteiger partial charge in [0.2, 0.25) is 0 Å². The van der Waals surface area contributed by atoms with E-state index in [1.54, 1.807) is 18.3 Å². The predicted octanol–water partition coefficient (Wildman–Crippen LogP) is 3.88. The molecule has 0 amide bonds. The number of nitrogens with one attached hydrogen (secondary N) is 2. The molecule has 0 saturated carbocycles. The van der Waals surface area contributed by atoms with Crippen molar-refractivity contribution in [1.29, 1.82) is 0 Å². The summed E-state index contributed by atoms with van der Waals surface area (Å²) in [5.41, 5.74) is 2.86. The molecule has 21 heavy (non-hydrogen) atoms. The van der Waals surface area contributed by atoms with Gasteiger partial charge in [-0.15, -0.1) is 0 Å². The summed E-state index contributed by atoms with van der Waals surface area (Å²) in [5, 5.41) is 11.5. The molecule has 4 nitrogen and oxygen atoms in total. The average Bonchev–Trinajstić information content (AvgIpc) is 2.97. The number of benzene rings is 2. The highest BCUT2D eigenvalue weighted by Gasteiger charge is 2.11. The van der Waals surface area contributed by atoms with Gasteiger partial charge in [-0.05, 0) is 30.7 Å². The van der Waals surface area contributed by atoms with Crippen molar-refractivity contribution < 1.29 is 9.13 Å². The maximum atomic E-state index is 13.5. The minimum Gasteiger partial charge on any atom is -0.494 e. The highest BCUT2D eigenvalue weighted by molar-refractivity contribution is 5.90. The van der Waals surface area contributed by atoms with Crippen molar-refractivity contribution in [2.75, 3.05) is 12.4 Å². The van der Waals surface area contributed by atoms with Crippen LogP contribution in [0.1, 0.15) is 18.5 Å². The summed E-state index contributed by atoms with van der Waals surface area (Å²) in [4.78, 5) is 0. The van der Waals surface area contributed by atoms with Gasteiger partial charge in [-0.3, -0.25) is 5.10 Å². The summed E-state index contributed by atoms with van der Waals surface area (Å²) >= 11 is 0. The van der Waals surface area contributed by atoms with Crippen molar-refractivity contribution in [3.63, 3.8) is 0 Å². The standard InChI is InChI=1S/C16H16FN3O/c1-10(11-6-7-13(17)15(8-11)21-2)19-14-5-3-4-12-9-18-20-16(12)14/h3-10,19H,1-2H3,(H,18,20). The zero-order valence-electron chi connectivity index (χ0n) is 11.9. The molecule has 1 heterocycles. The Morgan fingerprint density at radius 1 is 1.29 bits per heavy atom. The van der Waals surface area contributed by atoms with Gasteiger partial charge in [0.15, 0.2) is 11.6 Å². The first-order chi connectivity index (χ1) is 10.2. The molecule has 0 saturated heterocycles. The highest BCUT2D eigenvalue weighted by atomic mass is 19.1.